The van der Waals surface area contributed by atoms with E-state index in [4.69, 9.17) is 10.2 Å². The lowest BCUT2D eigenvalue weighted by atomic mass is 10.1. The normalized spacial score (nSPS) is 28.0. The third-order valence-corrected chi connectivity index (χ3v) is 9.98. The molecule has 23 heavy (non-hydrogen) atoms. The highest BCUT2D eigenvalue weighted by molar-refractivity contribution is 6.74. The number of anilines is 1. The fourth-order valence-corrected chi connectivity index (χ4v) is 3.50. The first kappa shape index (κ1) is 18.1. The van der Waals surface area contributed by atoms with E-state index in [0.29, 0.717) is 13.0 Å². The van der Waals surface area contributed by atoms with Gasteiger partial charge in [0.1, 0.15) is 11.5 Å². The van der Waals surface area contributed by atoms with Crippen LogP contribution in [0.3, 0.4) is 0 Å². The minimum atomic E-state index is -1.91. The molecule has 1 aliphatic rings. The number of hydrogen-bond donors (Lipinski definition) is 1. The van der Waals surface area contributed by atoms with E-state index in [-0.39, 0.29) is 17.4 Å². The van der Waals surface area contributed by atoms with Crippen molar-refractivity contribution >= 4 is 14.1 Å². The van der Waals surface area contributed by atoms with Gasteiger partial charge in [0.2, 0.25) is 0 Å². The molecule has 5 nitrogen and oxygen atoms in total. The van der Waals surface area contributed by atoms with Crippen molar-refractivity contribution in [1.82, 2.24) is 9.55 Å². The fourth-order valence-electron chi connectivity index (χ4n) is 2.39. The Morgan fingerprint density at radius 1 is 1.48 bits per heavy atom. The quantitative estimate of drug-likeness (QED) is 0.836. The molecule has 130 valence electrons. The molecule has 0 spiro atoms. The monoisotopic (exact) mass is 341 g/mol. The maximum Gasteiger partial charge on any atom is 0.349 e. The molecule has 1 aliphatic carbocycles. The van der Waals surface area contributed by atoms with Crippen LogP contribution in [0.5, 0.6) is 0 Å². The average Bonchev–Trinajstić information content (AvgIpc) is 2.92. The van der Waals surface area contributed by atoms with Gasteiger partial charge in [0.15, 0.2) is 8.32 Å². The van der Waals surface area contributed by atoms with Gasteiger partial charge in [-0.1, -0.05) is 27.7 Å². The zero-order chi connectivity index (χ0) is 17.7. The number of nitrogens with two attached hydrogens (primary N) is 1. The Morgan fingerprint density at radius 2 is 2.09 bits per heavy atom. The fraction of sp³-hybridized carbons (Fsp3) is 0.750. The molecule has 0 amide bonds. The molecule has 1 saturated carbocycles. The van der Waals surface area contributed by atoms with E-state index in [0.717, 1.165) is 0 Å². The molecule has 0 bridgehead atoms. The van der Waals surface area contributed by atoms with Gasteiger partial charge in [0.05, 0.1) is 6.54 Å². The number of hydrogen-bond acceptors (Lipinski definition) is 4. The SMILES string of the molecule is CC(C)(C)[Si](C)(C)OC[C@@]1(C)C[C@]1(F)Cn1ccc(N)nc1=O. The van der Waals surface area contributed by atoms with Gasteiger partial charge in [0, 0.05) is 18.2 Å². The van der Waals surface area contributed by atoms with Gasteiger partial charge in [-0.2, -0.15) is 4.98 Å². The Hall–Kier alpha value is -1.21. The second-order valence-electron chi connectivity index (χ2n) is 8.51. The number of nitrogen functional groups attached to an aromatic ring is 1. The maximum absolute atomic E-state index is 15.1. The maximum atomic E-state index is 15.1. The van der Waals surface area contributed by atoms with Crippen LogP contribution < -0.4 is 11.4 Å². The van der Waals surface area contributed by atoms with Crippen LogP contribution in [0, 0.1) is 5.41 Å². The molecule has 1 heterocycles. The Balaban J connectivity index is 2.05. The van der Waals surface area contributed by atoms with Gasteiger partial charge in [-0.15, -0.1) is 0 Å². The summed E-state index contributed by atoms with van der Waals surface area (Å²) in [6.07, 6.45) is 1.89. The summed E-state index contributed by atoms with van der Waals surface area (Å²) >= 11 is 0. The van der Waals surface area contributed by atoms with E-state index in [2.05, 4.69) is 38.8 Å². The van der Waals surface area contributed by atoms with Gasteiger partial charge in [0.25, 0.3) is 0 Å². The first-order valence-electron chi connectivity index (χ1n) is 7.96. The summed E-state index contributed by atoms with van der Waals surface area (Å²) in [5.74, 6) is 0.152. The van der Waals surface area contributed by atoms with Gasteiger partial charge >= 0.3 is 5.69 Å². The number of alkyl halides is 1. The topological polar surface area (TPSA) is 70.1 Å². The Kier molecular flexibility index (Phi) is 4.26. The number of halogens is 1. The van der Waals surface area contributed by atoms with Gasteiger partial charge in [-0.05, 0) is 30.6 Å². The molecule has 1 aromatic heterocycles. The van der Waals surface area contributed by atoms with E-state index >= 15 is 4.39 Å². The lowest BCUT2D eigenvalue weighted by Crippen LogP contribution is -2.43. The molecule has 0 aliphatic heterocycles. The number of nitrogens with zero attached hydrogens (tertiary/aromatic N) is 2. The third-order valence-electron chi connectivity index (χ3n) is 5.50. The van der Waals surface area contributed by atoms with Crippen molar-refractivity contribution in [2.75, 3.05) is 12.3 Å². The van der Waals surface area contributed by atoms with Crippen LogP contribution in [0.15, 0.2) is 17.1 Å². The summed E-state index contributed by atoms with van der Waals surface area (Å²) in [5, 5.41) is 0.0923. The molecule has 0 radical (unpaired) electrons. The molecule has 2 atom stereocenters. The minimum absolute atomic E-state index is 0.00350. The van der Waals surface area contributed by atoms with Crippen molar-refractivity contribution in [3.63, 3.8) is 0 Å². The molecule has 2 N–H and O–H groups in total. The van der Waals surface area contributed by atoms with E-state index in [1.807, 2.05) is 6.92 Å². The highest BCUT2D eigenvalue weighted by Crippen LogP contribution is 2.60. The molecular weight excluding hydrogens is 313 g/mol. The predicted octanol–water partition coefficient (Wildman–Crippen LogP) is 2.97. The molecule has 0 unspecified atom stereocenters. The lowest BCUT2D eigenvalue weighted by molar-refractivity contribution is 0.140. The molecule has 2 rings (SSSR count). The van der Waals surface area contributed by atoms with Crippen LogP contribution in [0.4, 0.5) is 10.2 Å². The van der Waals surface area contributed by atoms with Crippen molar-refractivity contribution in [3.05, 3.63) is 22.7 Å². The van der Waals surface area contributed by atoms with Crippen molar-refractivity contribution < 1.29 is 8.82 Å². The number of rotatable bonds is 5. The Bertz CT molecular complexity index is 655. The summed E-state index contributed by atoms with van der Waals surface area (Å²) < 4.78 is 22.6. The predicted molar refractivity (Wildman–Crippen MR) is 92.6 cm³/mol. The molecule has 0 aromatic carbocycles. The summed E-state index contributed by atoms with van der Waals surface area (Å²) in [6.45, 7) is 13.1. The van der Waals surface area contributed by atoms with Gasteiger partial charge in [-0.25, -0.2) is 9.18 Å². The average molecular weight is 342 g/mol. The molecule has 0 saturated heterocycles. The molecule has 1 aromatic rings. The summed E-state index contributed by atoms with van der Waals surface area (Å²) in [4.78, 5) is 15.4. The van der Waals surface area contributed by atoms with E-state index in [9.17, 15) is 4.79 Å². The first-order chi connectivity index (χ1) is 10.3. The van der Waals surface area contributed by atoms with Crippen LogP contribution in [-0.2, 0) is 11.0 Å². The Labute approximate surface area is 138 Å². The highest BCUT2D eigenvalue weighted by Gasteiger charge is 2.66. The smallest absolute Gasteiger partial charge is 0.349 e. The van der Waals surface area contributed by atoms with E-state index in [1.54, 1.807) is 0 Å². The minimum Gasteiger partial charge on any atom is -0.416 e. The third kappa shape index (κ3) is 3.50. The molecule has 1 fully saturated rings. The molecule has 7 heteroatoms. The van der Waals surface area contributed by atoms with Crippen LogP contribution in [0.1, 0.15) is 34.1 Å². The van der Waals surface area contributed by atoms with Crippen molar-refractivity contribution in [1.29, 1.82) is 0 Å². The second-order valence-corrected chi connectivity index (χ2v) is 13.3. The summed E-state index contributed by atoms with van der Waals surface area (Å²) in [5.41, 5.74) is 2.96. The van der Waals surface area contributed by atoms with Gasteiger partial charge in [-0.3, -0.25) is 4.57 Å². The zero-order valence-corrected chi connectivity index (χ0v) is 15.9. The standard InChI is InChI=1S/C16H28FN3O2Si/c1-14(2,3)23(5,6)22-11-15(4)9-16(15,17)10-20-8-7-12(18)19-13(20)21/h7-8H,9-11H2,1-6H3,(H2,18,19,21)/t15-,16+/m1/s1. The van der Waals surface area contributed by atoms with Crippen LogP contribution >= 0.6 is 0 Å². The van der Waals surface area contributed by atoms with E-state index in [1.165, 1.54) is 16.8 Å². The van der Waals surface area contributed by atoms with Gasteiger partial charge < -0.3 is 10.2 Å². The van der Waals surface area contributed by atoms with Crippen LogP contribution in [0.25, 0.3) is 0 Å². The Morgan fingerprint density at radius 3 is 2.61 bits per heavy atom. The molecular formula is C16H28FN3O2Si. The first-order valence-corrected chi connectivity index (χ1v) is 10.9. The van der Waals surface area contributed by atoms with Crippen molar-refractivity contribution in [3.8, 4) is 0 Å². The van der Waals surface area contributed by atoms with E-state index < -0.39 is 25.1 Å². The van der Waals surface area contributed by atoms with Crippen LogP contribution in [0.2, 0.25) is 18.1 Å². The largest absolute Gasteiger partial charge is 0.416 e. The lowest BCUT2D eigenvalue weighted by Gasteiger charge is -2.37. The summed E-state index contributed by atoms with van der Waals surface area (Å²) in [7, 11) is -1.91. The second kappa shape index (κ2) is 5.41. The van der Waals surface area contributed by atoms with Crippen molar-refractivity contribution in [2.45, 2.75) is 64.5 Å². The van der Waals surface area contributed by atoms with Crippen LogP contribution in [-0.4, -0.2) is 30.1 Å². The van der Waals surface area contributed by atoms with Crippen molar-refractivity contribution in [2.24, 2.45) is 5.41 Å². The summed E-state index contributed by atoms with van der Waals surface area (Å²) in [6, 6.07) is 1.51. The number of aromatic nitrogens is 2. The zero-order valence-electron chi connectivity index (χ0n) is 14.9. The highest BCUT2D eigenvalue weighted by atomic mass is 28.4.